The van der Waals surface area contributed by atoms with Gasteiger partial charge in [0, 0.05) is 12.7 Å². The van der Waals surface area contributed by atoms with Crippen LogP contribution < -0.4 is 9.62 Å². The summed E-state index contributed by atoms with van der Waals surface area (Å²) in [5.41, 5.74) is 1.56. The fourth-order valence-electron chi connectivity index (χ4n) is 2.33. The van der Waals surface area contributed by atoms with Gasteiger partial charge in [0.15, 0.2) is 0 Å². The first-order valence-corrected chi connectivity index (χ1v) is 9.05. The third-order valence-electron chi connectivity index (χ3n) is 3.55. The molecule has 1 aliphatic rings. The zero-order chi connectivity index (χ0) is 15.9. The molecule has 0 aromatic carbocycles. The molecule has 0 saturated carbocycles. The molecule has 0 aliphatic carbocycles. The van der Waals surface area contributed by atoms with E-state index in [1.54, 1.807) is 31.4 Å². The fraction of sp³-hybridized carbons (Fsp3) is 0.286. The van der Waals surface area contributed by atoms with Crippen molar-refractivity contribution in [3.05, 3.63) is 35.5 Å². The average Bonchev–Trinajstić information content (AvgIpc) is 2.86. The maximum absolute atomic E-state index is 13.0. The second-order valence-corrected chi connectivity index (χ2v) is 8.18. The van der Waals surface area contributed by atoms with Gasteiger partial charge < -0.3 is 5.32 Å². The molecule has 0 radical (unpaired) electrons. The molecule has 6 nitrogen and oxygen atoms in total. The maximum atomic E-state index is 13.0. The van der Waals surface area contributed by atoms with Crippen LogP contribution in [0.3, 0.4) is 0 Å². The van der Waals surface area contributed by atoms with Crippen LogP contribution in [0.15, 0.2) is 34.1 Å². The Labute approximate surface area is 132 Å². The van der Waals surface area contributed by atoms with Gasteiger partial charge in [-0.2, -0.15) is 0 Å². The SMILES string of the molecule is Cc1ccsc1S(=O)(=O)N1CC(C)C(=O)Nc2ccncc21. The number of carbonyl (C=O) groups is 1. The van der Waals surface area contributed by atoms with Crippen LogP contribution in [0.4, 0.5) is 11.4 Å². The van der Waals surface area contributed by atoms with Crippen molar-refractivity contribution in [1.29, 1.82) is 0 Å². The molecular weight excluding hydrogens is 322 g/mol. The van der Waals surface area contributed by atoms with E-state index in [2.05, 4.69) is 10.3 Å². The smallest absolute Gasteiger partial charge is 0.274 e. The summed E-state index contributed by atoms with van der Waals surface area (Å²) in [6.45, 7) is 3.56. The van der Waals surface area contributed by atoms with Crippen LogP contribution >= 0.6 is 11.3 Å². The van der Waals surface area contributed by atoms with E-state index in [4.69, 9.17) is 0 Å². The molecule has 2 aromatic rings. The fourth-order valence-corrected chi connectivity index (χ4v) is 5.40. The van der Waals surface area contributed by atoms with Gasteiger partial charge in [-0.1, -0.05) is 6.92 Å². The lowest BCUT2D eigenvalue weighted by Gasteiger charge is -2.24. The minimum absolute atomic E-state index is 0.0875. The maximum Gasteiger partial charge on any atom is 0.274 e. The van der Waals surface area contributed by atoms with Crippen molar-refractivity contribution in [1.82, 2.24) is 4.98 Å². The first kappa shape index (κ1) is 15.0. The average molecular weight is 337 g/mol. The number of aromatic nitrogens is 1. The van der Waals surface area contributed by atoms with E-state index in [-0.39, 0.29) is 12.5 Å². The molecule has 1 N–H and O–H groups in total. The van der Waals surface area contributed by atoms with E-state index in [0.717, 1.165) is 0 Å². The zero-order valence-corrected chi connectivity index (χ0v) is 13.7. The monoisotopic (exact) mass is 337 g/mol. The standard InChI is InChI=1S/C14H15N3O3S2/c1-9-4-6-21-14(9)22(19,20)17-8-10(2)13(18)16-11-3-5-15-7-12(11)17/h3-7,10H,8H2,1-2H3,(H,16,18). The third-order valence-corrected chi connectivity index (χ3v) is 7.00. The molecule has 0 fully saturated rings. The Morgan fingerprint density at radius 1 is 1.41 bits per heavy atom. The van der Waals surface area contributed by atoms with Gasteiger partial charge >= 0.3 is 0 Å². The van der Waals surface area contributed by atoms with Crippen molar-refractivity contribution < 1.29 is 13.2 Å². The number of nitrogens with zero attached hydrogens (tertiary/aromatic N) is 2. The summed E-state index contributed by atoms with van der Waals surface area (Å²) in [7, 11) is -3.72. The van der Waals surface area contributed by atoms with E-state index in [1.807, 2.05) is 0 Å². The minimum atomic E-state index is -3.72. The van der Waals surface area contributed by atoms with Gasteiger partial charge in [-0.05, 0) is 30.0 Å². The number of carbonyl (C=O) groups excluding carboxylic acids is 1. The number of sulfonamides is 1. The molecule has 1 aliphatic heterocycles. The van der Waals surface area contributed by atoms with Gasteiger partial charge in [-0.3, -0.25) is 14.1 Å². The van der Waals surface area contributed by atoms with Crippen LogP contribution in [0.1, 0.15) is 12.5 Å². The van der Waals surface area contributed by atoms with Crippen LogP contribution in [0.2, 0.25) is 0 Å². The van der Waals surface area contributed by atoms with Crippen molar-refractivity contribution in [2.75, 3.05) is 16.2 Å². The highest BCUT2D eigenvalue weighted by atomic mass is 32.2. The molecule has 1 atom stereocenters. The molecule has 116 valence electrons. The Bertz CT molecular complexity index is 829. The number of nitrogens with one attached hydrogen (secondary N) is 1. The summed E-state index contributed by atoms with van der Waals surface area (Å²) in [6, 6.07) is 3.38. The Kier molecular flexibility index (Phi) is 3.65. The van der Waals surface area contributed by atoms with Crippen molar-refractivity contribution in [2.24, 2.45) is 5.92 Å². The first-order chi connectivity index (χ1) is 10.4. The van der Waals surface area contributed by atoms with Gasteiger partial charge in [0.2, 0.25) is 5.91 Å². The number of hydrogen-bond acceptors (Lipinski definition) is 5. The predicted molar refractivity (Wildman–Crippen MR) is 85.6 cm³/mol. The largest absolute Gasteiger partial charge is 0.324 e. The molecule has 0 bridgehead atoms. The topological polar surface area (TPSA) is 79.4 Å². The summed E-state index contributed by atoms with van der Waals surface area (Å²) in [4.78, 5) is 16.1. The number of pyridine rings is 1. The van der Waals surface area contributed by atoms with Crippen LogP contribution in [0, 0.1) is 12.8 Å². The second-order valence-electron chi connectivity index (χ2n) is 5.21. The van der Waals surface area contributed by atoms with Crippen molar-refractivity contribution in [3.8, 4) is 0 Å². The summed E-state index contributed by atoms with van der Waals surface area (Å²) >= 11 is 1.18. The lowest BCUT2D eigenvalue weighted by Crippen LogP contribution is -2.35. The summed E-state index contributed by atoms with van der Waals surface area (Å²) in [5, 5.41) is 4.50. The number of anilines is 2. The zero-order valence-electron chi connectivity index (χ0n) is 12.1. The molecule has 1 amide bonds. The van der Waals surface area contributed by atoms with Gasteiger partial charge in [0.05, 0.1) is 23.5 Å². The van der Waals surface area contributed by atoms with Gasteiger partial charge in [0.25, 0.3) is 10.0 Å². The van der Waals surface area contributed by atoms with Crippen LogP contribution in [-0.4, -0.2) is 25.9 Å². The van der Waals surface area contributed by atoms with Crippen LogP contribution in [0.5, 0.6) is 0 Å². The lowest BCUT2D eigenvalue weighted by molar-refractivity contribution is -0.119. The summed E-state index contributed by atoms with van der Waals surface area (Å²) < 4.78 is 27.6. The lowest BCUT2D eigenvalue weighted by atomic mass is 10.2. The molecular formula is C14H15N3O3S2. The Hall–Kier alpha value is -1.93. The first-order valence-electron chi connectivity index (χ1n) is 6.73. The summed E-state index contributed by atoms with van der Waals surface area (Å²) in [5.74, 6) is -0.657. The van der Waals surface area contributed by atoms with E-state index >= 15 is 0 Å². The number of hydrogen-bond donors (Lipinski definition) is 1. The molecule has 3 heterocycles. The molecule has 3 rings (SSSR count). The predicted octanol–water partition coefficient (Wildman–Crippen LogP) is 2.24. The van der Waals surface area contributed by atoms with Gasteiger partial charge in [-0.15, -0.1) is 11.3 Å². The number of fused-ring (bicyclic) bond motifs is 1. The van der Waals surface area contributed by atoms with E-state index in [1.165, 1.54) is 28.0 Å². The molecule has 1 unspecified atom stereocenters. The van der Waals surface area contributed by atoms with Gasteiger partial charge in [-0.25, -0.2) is 8.42 Å². The third kappa shape index (κ3) is 2.38. The minimum Gasteiger partial charge on any atom is -0.324 e. The Balaban J connectivity index is 2.17. The van der Waals surface area contributed by atoms with Crippen molar-refractivity contribution in [2.45, 2.75) is 18.1 Å². The number of amides is 1. The van der Waals surface area contributed by atoms with Crippen molar-refractivity contribution >= 4 is 38.6 Å². The number of thiophene rings is 1. The molecule has 8 heteroatoms. The highest BCUT2D eigenvalue weighted by molar-refractivity contribution is 7.94. The molecule has 0 saturated heterocycles. The summed E-state index contributed by atoms with van der Waals surface area (Å²) in [6.07, 6.45) is 2.99. The van der Waals surface area contributed by atoms with E-state index in [0.29, 0.717) is 21.1 Å². The van der Waals surface area contributed by atoms with Crippen LogP contribution in [0.25, 0.3) is 0 Å². The molecule has 22 heavy (non-hydrogen) atoms. The molecule has 2 aromatic heterocycles. The normalized spacial score (nSPS) is 18.5. The Morgan fingerprint density at radius 3 is 2.86 bits per heavy atom. The quantitative estimate of drug-likeness (QED) is 0.911. The second kappa shape index (κ2) is 5.36. The Morgan fingerprint density at radius 2 is 2.18 bits per heavy atom. The highest BCUT2D eigenvalue weighted by Crippen LogP contribution is 2.35. The van der Waals surface area contributed by atoms with Crippen molar-refractivity contribution in [3.63, 3.8) is 0 Å². The van der Waals surface area contributed by atoms with Crippen LogP contribution in [-0.2, 0) is 14.8 Å². The number of aryl methyl sites for hydroxylation is 1. The highest BCUT2D eigenvalue weighted by Gasteiger charge is 2.34. The molecule has 0 spiro atoms. The van der Waals surface area contributed by atoms with Gasteiger partial charge in [0.1, 0.15) is 4.21 Å². The number of rotatable bonds is 2. The van der Waals surface area contributed by atoms with E-state index in [9.17, 15) is 13.2 Å². The van der Waals surface area contributed by atoms with E-state index < -0.39 is 15.9 Å².